The Morgan fingerprint density at radius 1 is 1.00 bits per heavy atom. The van der Waals surface area contributed by atoms with E-state index in [0.717, 1.165) is 62.6 Å². The average molecular weight is 494 g/mol. The van der Waals surface area contributed by atoms with Gasteiger partial charge in [-0.3, -0.25) is 9.69 Å². The van der Waals surface area contributed by atoms with Crippen molar-refractivity contribution >= 4 is 15.9 Å². The highest BCUT2D eigenvalue weighted by molar-refractivity contribution is 7.89. The zero-order valence-electron chi connectivity index (χ0n) is 20.7. The molecule has 0 radical (unpaired) electrons. The summed E-state index contributed by atoms with van der Waals surface area (Å²) >= 11 is 0. The van der Waals surface area contributed by atoms with Gasteiger partial charge in [0.2, 0.25) is 15.9 Å². The lowest BCUT2D eigenvalue weighted by Crippen LogP contribution is -2.53. The minimum Gasteiger partial charge on any atom is -0.381 e. The van der Waals surface area contributed by atoms with Crippen LogP contribution in [-0.2, 0) is 24.3 Å². The van der Waals surface area contributed by atoms with Gasteiger partial charge in [0.1, 0.15) is 0 Å². The van der Waals surface area contributed by atoms with Crippen LogP contribution >= 0.6 is 0 Å². The number of rotatable bonds is 7. The van der Waals surface area contributed by atoms with Gasteiger partial charge in [-0.15, -0.1) is 0 Å². The SMILES string of the molecule is Cc1cc(C)c(S(=O)(=O)N2CCC(C(=O)NCC(C3CCOC3)N3CCOCC3)CC2)c(C)c1. The van der Waals surface area contributed by atoms with Crippen molar-refractivity contribution in [1.29, 1.82) is 0 Å². The fourth-order valence-electron chi connectivity index (χ4n) is 5.77. The first-order valence-electron chi connectivity index (χ1n) is 12.5. The standard InChI is InChI=1S/C25H39N3O5S/c1-18-14-19(2)24(20(3)15-18)34(30,31)28-7-4-21(5-8-28)25(29)26-16-23(22-6-11-33-17-22)27-9-12-32-13-10-27/h14-15,21-23H,4-13,16-17H2,1-3H3,(H,26,29). The maximum absolute atomic E-state index is 13.4. The first-order valence-corrected chi connectivity index (χ1v) is 14.0. The van der Waals surface area contributed by atoms with E-state index in [9.17, 15) is 13.2 Å². The molecule has 3 aliphatic heterocycles. The summed E-state index contributed by atoms with van der Waals surface area (Å²) in [4.78, 5) is 15.9. The van der Waals surface area contributed by atoms with Crippen LogP contribution in [0.2, 0.25) is 0 Å². The number of amides is 1. The third kappa shape index (κ3) is 5.65. The monoisotopic (exact) mass is 493 g/mol. The van der Waals surface area contributed by atoms with Gasteiger partial charge in [0, 0.05) is 57.2 Å². The van der Waals surface area contributed by atoms with Gasteiger partial charge >= 0.3 is 0 Å². The van der Waals surface area contributed by atoms with Crippen LogP contribution in [0, 0.1) is 32.6 Å². The van der Waals surface area contributed by atoms with Gasteiger partial charge < -0.3 is 14.8 Å². The predicted molar refractivity (Wildman–Crippen MR) is 130 cm³/mol. The van der Waals surface area contributed by atoms with E-state index in [1.54, 1.807) is 4.31 Å². The molecule has 9 heteroatoms. The van der Waals surface area contributed by atoms with Crippen LogP contribution < -0.4 is 5.32 Å². The van der Waals surface area contributed by atoms with E-state index in [0.29, 0.717) is 43.3 Å². The number of benzene rings is 1. The number of ether oxygens (including phenoxy) is 2. The lowest BCUT2D eigenvalue weighted by Gasteiger charge is -2.38. The molecule has 3 aliphatic rings. The van der Waals surface area contributed by atoms with E-state index >= 15 is 0 Å². The fraction of sp³-hybridized carbons (Fsp3) is 0.720. The summed E-state index contributed by atoms with van der Waals surface area (Å²) < 4.78 is 39.4. The number of hydrogen-bond acceptors (Lipinski definition) is 6. The van der Waals surface area contributed by atoms with Crippen molar-refractivity contribution in [3.05, 3.63) is 28.8 Å². The smallest absolute Gasteiger partial charge is 0.243 e. The minimum atomic E-state index is -3.57. The molecule has 0 aliphatic carbocycles. The normalized spacial score (nSPS) is 24.3. The molecule has 3 saturated heterocycles. The predicted octanol–water partition coefficient (Wildman–Crippen LogP) is 1.87. The number of nitrogens with zero attached hydrogens (tertiary/aromatic N) is 2. The van der Waals surface area contributed by atoms with Gasteiger partial charge in [-0.05, 0) is 51.2 Å². The second kappa shape index (κ2) is 11.0. The minimum absolute atomic E-state index is 0.0388. The number of carbonyl (C=O) groups excluding carboxylic acids is 1. The Labute approximate surface area is 204 Å². The second-order valence-corrected chi connectivity index (χ2v) is 11.9. The summed E-state index contributed by atoms with van der Waals surface area (Å²) in [6, 6.07) is 4.09. The van der Waals surface area contributed by atoms with Gasteiger partial charge in [0.25, 0.3) is 0 Å². The Morgan fingerprint density at radius 2 is 1.65 bits per heavy atom. The van der Waals surface area contributed by atoms with E-state index in [-0.39, 0.29) is 17.9 Å². The lowest BCUT2D eigenvalue weighted by molar-refractivity contribution is -0.126. The highest BCUT2D eigenvalue weighted by atomic mass is 32.2. The van der Waals surface area contributed by atoms with Crippen LogP contribution in [0.1, 0.15) is 36.0 Å². The van der Waals surface area contributed by atoms with Gasteiger partial charge in [0.05, 0.1) is 24.7 Å². The van der Waals surface area contributed by atoms with E-state index < -0.39 is 10.0 Å². The maximum atomic E-state index is 13.4. The quantitative estimate of drug-likeness (QED) is 0.624. The van der Waals surface area contributed by atoms with Gasteiger partial charge in [-0.25, -0.2) is 8.42 Å². The first-order chi connectivity index (χ1) is 16.3. The van der Waals surface area contributed by atoms with Gasteiger partial charge in [-0.1, -0.05) is 17.7 Å². The zero-order valence-corrected chi connectivity index (χ0v) is 21.5. The lowest BCUT2D eigenvalue weighted by atomic mass is 9.95. The molecule has 0 saturated carbocycles. The molecule has 34 heavy (non-hydrogen) atoms. The fourth-order valence-corrected chi connectivity index (χ4v) is 7.65. The molecule has 4 rings (SSSR count). The summed E-state index contributed by atoms with van der Waals surface area (Å²) in [7, 11) is -3.57. The van der Waals surface area contributed by atoms with E-state index in [1.165, 1.54) is 0 Å². The molecule has 1 N–H and O–H groups in total. The zero-order chi connectivity index (χ0) is 24.3. The Kier molecular flexibility index (Phi) is 8.30. The molecule has 0 aromatic heterocycles. The molecule has 1 aromatic carbocycles. The third-order valence-corrected chi connectivity index (χ3v) is 9.74. The number of hydrogen-bond donors (Lipinski definition) is 1. The highest BCUT2D eigenvalue weighted by Gasteiger charge is 2.35. The number of piperidine rings is 1. The van der Waals surface area contributed by atoms with Crippen molar-refractivity contribution < 1.29 is 22.7 Å². The Balaban J connectivity index is 1.34. The summed E-state index contributed by atoms with van der Waals surface area (Å²) in [5.74, 6) is 0.306. The largest absolute Gasteiger partial charge is 0.381 e. The number of sulfonamides is 1. The van der Waals surface area contributed by atoms with Crippen molar-refractivity contribution in [2.45, 2.75) is 51.0 Å². The van der Waals surface area contributed by atoms with Crippen LogP contribution in [0.4, 0.5) is 0 Å². The number of morpholine rings is 1. The highest BCUT2D eigenvalue weighted by Crippen LogP contribution is 2.29. The topological polar surface area (TPSA) is 88.2 Å². The number of nitrogens with one attached hydrogen (secondary N) is 1. The van der Waals surface area contributed by atoms with Crippen LogP contribution in [0.25, 0.3) is 0 Å². The van der Waals surface area contributed by atoms with Crippen LogP contribution in [0.15, 0.2) is 17.0 Å². The van der Waals surface area contributed by atoms with Crippen molar-refractivity contribution in [2.75, 3.05) is 59.2 Å². The molecular weight excluding hydrogens is 454 g/mol. The molecule has 0 spiro atoms. The molecule has 8 nitrogen and oxygen atoms in total. The second-order valence-electron chi connectivity index (χ2n) is 9.99. The van der Waals surface area contributed by atoms with Crippen LogP contribution in [0.5, 0.6) is 0 Å². The Morgan fingerprint density at radius 3 is 2.24 bits per heavy atom. The van der Waals surface area contributed by atoms with E-state index in [2.05, 4.69) is 10.2 Å². The summed E-state index contributed by atoms with van der Waals surface area (Å²) in [5, 5.41) is 3.19. The van der Waals surface area contributed by atoms with Gasteiger partial charge in [0.15, 0.2) is 0 Å². The summed E-state index contributed by atoms with van der Waals surface area (Å²) in [6.45, 7) is 11.8. The first kappa shape index (κ1) is 25.6. The molecule has 1 aromatic rings. The average Bonchev–Trinajstić information content (AvgIpc) is 3.33. The molecule has 2 atom stereocenters. The number of aryl methyl sites for hydroxylation is 3. The summed E-state index contributed by atoms with van der Waals surface area (Å²) in [5.41, 5.74) is 2.62. The van der Waals surface area contributed by atoms with Crippen LogP contribution in [-0.4, -0.2) is 88.7 Å². The van der Waals surface area contributed by atoms with Gasteiger partial charge in [-0.2, -0.15) is 4.31 Å². The Hall–Kier alpha value is -1.52. The van der Waals surface area contributed by atoms with Crippen molar-refractivity contribution in [3.8, 4) is 0 Å². The molecule has 3 fully saturated rings. The molecular formula is C25H39N3O5S. The molecule has 1 amide bonds. The molecule has 190 valence electrons. The third-order valence-electron chi connectivity index (χ3n) is 7.54. The van der Waals surface area contributed by atoms with E-state index in [1.807, 2.05) is 32.9 Å². The van der Waals surface area contributed by atoms with Crippen molar-refractivity contribution in [3.63, 3.8) is 0 Å². The van der Waals surface area contributed by atoms with Crippen molar-refractivity contribution in [1.82, 2.24) is 14.5 Å². The van der Waals surface area contributed by atoms with E-state index in [4.69, 9.17) is 9.47 Å². The molecule has 2 unspecified atom stereocenters. The van der Waals surface area contributed by atoms with Crippen molar-refractivity contribution in [2.24, 2.45) is 11.8 Å². The molecule has 3 heterocycles. The Bertz CT molecular complexity index is 940. The van der Waals surface area contributed by atoms with Crippen LogP contribution in [0.3, 0.4) is 0 Å². The summed E-state index contributed by atoms with van der Waals surface area (Å²) in [6.07, 6.45) is 2.11. The molecule has 0 bridgehead atoms. The maximum Gasteiger partial charge on any atom is 0.243 e. The number of carbonyl (C=O) groups is 1.